The molecule has 2 fully saturated rings. The average molecular weight is 329 g/mol. The molecule has 2 heterocycles. The molecule has 2 N–H and O–H groups in total. The molecule has 1 aromatic rings. The molecule has 3 rings (SSSR count). The summed E-state index contributed by atoms with van der Waals surface area (Å²) in [7, 11) is 0. The molecule has 0 saturated carbocycles. The minimum absolute atomic E-state index is 0.138. The summed E-state index contributed by atoms with van der Waals surface area (Å²) in [4.78, 5) is 14.8. The monoisotopic (exact) mass is 329 g/mol. The molecule has 2 unspecified atom stereocenters. The minimum Gasteiger partial charge on any atom is -0.352 e. The van der Waals surface area contributed by atoms with E-state index in [1.54, 1.807) is 0 Å². The third kappa shape index (κ3) is 4.81. The highest BCUT2D eigenvalue weighted by Gasteiger charge is 2.20. The number of nitrogens with one attached hydrogen (secondary N) is 2. The van der Waals surface area contributed by atoms with Gasteiger partial charge >= 0.3 is 0 Å². The SMILES string of the molecule is CC1CCCCN1Cc1ccc(CNC(=O)C2CCCNC2)cc1. The second-order valence-corrected chi connectivity index (χ2v) is 7.39. The van der Waals surface area contributed by atoms with E-state index in [0.29, 0.717) is 12.6 Å². The van der Waals surface area contributed by atoms with Crippen molar-refractivity contribution < 1.29 is 4.79 Å². The van der Waals surface area contributed by atoms with Crippen LogP contribution < -0.4 is 10.6 Å². The van der Waals surface area contributed by atoms with E-state index in [9.17, 15) is 4.79 Å². The van der Waals surface area contributed by atoms with E-state index in [1.807, 2.05) is 0 Å². The van der Waals surface area contributed by atoms with Crippen LogP contribution in [0.3, 0.4) is 0 Å². The number of hydrogen-bond acceptors (Lipinski definition) is 3. The summed E-state index contributed by atoms with van der Waals surface area (Å²) >= 11 is 0. The highest BCUT2D eigenvalue weighted by molar-refractivity contribution is 5.78. The van der Waals surface area contributed by atoms with Gasteiger partial charge in [-0.3, -0.25) is 9.69 Å². The van der Waals surface area contributed by atoms with Gasteiger partial charge in [-0.05, 0) is 56.8 Å². The third-order valence-corrected chi connectivity index (χ3v) is 5.48. The zero-order valence-electron chi connectivity index (χ0n) is 14.9. The van der Waals surface area contributed by atoms with Gasteiger partial charge in [-0.1, -0.05) is 30.7 Å². The number of benzene rings is 1. The van der Waals surface area contributed by atoms with Crippen LogP contribution in [0.1, 0.15) is 50.2 Å². The first-order valence-electron chi connectivity index (χ1n) is 9.52. The molecule has 2 atom stereocenters. The van der Waals surface area contributed by atoms with Gasteiger partial charge in [0.25, 0.3) is 0 Å². The maximum atomic E-state index is 12.2. The second-order valence-electron chi connectivity index (χ2n) is 7.39. The number of rotatable bonds is 5. The van der Waals surface area contributed by atoms with Crippen LogP contribution >= 0.6 is 0 Å². The Bertz CT molecular complexity index is 522. The van der Waals surface area contributed by atoms with Crippen molar-refractivity contribution in [2.24, 2.45) is 5.92 Å². The number of amides is 1. The number of nitrogens with zero attached hydrogens (tertiary/aromatic N) is 1. The number of carbonyl (C=O) groups is 1. The summed E-state index contributed by atoms with van der Waals surface area (Å²) in [5, 5.41) is 6.39. The van der Waals surface area contributed by atoms with E-state index in [1.165, 1.54) is 36.9 Å². The number of hydrogen-bond donors (Lipinski definition) is 2. The molecule has 24 heavy (non-hydrogen) atoms. The Morgan fingerprint density at radius 1 is 1.17 bits per heavy atom. The fraction of sp³-hybridized carbons (Fsp3) is 0.650. The lowest BCUT2D eigenvalue weighted by Crippen LogP contribution is -2.40. The minimum atomic E-state index is 0.138. The number of carbonyl (C=O) groups excluding carboxylic acids is 1. The maximum absolute atomic E-state index is 12.2. The van der Waals surface area contributed by atoms with E-state index in [4.69, 9.17) is 0 Å². The summed E-state index contributed by atoms with van der Waals surface area (Å²) in [6, 6.07) is 9.43. The van der Waals surface area contributed by atoms with Crippen molar-refractivity contribution in [3.05, 3.63) is 35.4 Å². The van der Waals surface area contributed by atoms with Crippen LogP contribution in [0.5, 0.6) is 0 Å². The molecule has 0 radical (unpaired) electrons. The number of piperidine rings is 2. The Labute approximate surface area is 146 Å². The highest BCUT2D eigenvalue weighted by Crippen LogP contribution is 2.19. The standard InChI is InChI=1S/C20H31N3O/c1-16-5-2-3-12-23(16)15-18-9-7-17(8-10-18)13-22-20(24)19-6-4-11-21-14-19/h7-10,16,19,21H,2-6,11-15H2,1H3,(H,22,24). The molecule has 0 aliphatic carbocycles. The summed E-state index contributed by atoms with van der Waals surface area (Å²) in [6.07, 6.45) is 6.12. The van der Waals surface area contributed by atoms with Gasteiger partial charge in [-0.15, -0.1) is 0 Å². The van der Waals surface area contributed by atoms with Crippen LogP contribution in [0.25, 0.3) is 0 Å². The smallest absolute Gasteiger partial charge is 0.224 e. The maximum Gasteiger partial charge on any atom is 0.224 e. The van der Waals surface area contributed by atoms with Crippen LogP contribution in [-0.4, -0.2) is 36.5 Å². The topological polar surface area (TPSA) is 44.4 Å². The van der Waals surface area contributed by atoms with Crippen molar-refractivity contribution in [3.8, 4) is 0 Å². The lowest BCUT2D eigenvalue weighted by Gasteiger charge is -2.33. The molecule has 2 aliphatic rings. The Morgan fingerprint density at radius 2 is 1.96 bits per heavy atom. The first-order valence-corrected chi connectivity index (χ1v) is 9.52. The fourth-order valence-electron chi connectivity index (χ4n) is 3.80. The molecule has 0 aromatic heterocycles. The first-order chi connectivity index (χ1) is 11.7. The molecule has 1 amide bonds. The van der Waals surface area contributed by atoms with Crippen LogP contribution in [0.2, 0.25) is 0 Å². The van der Waals surface area contributed by atoms with Crippen molar-refractivity contribution in [1.29, 1.82) is 0 Å². The van der Waals surface area contributed by atoms with Gasteiger partial charge < -0.3 is 10.6 Å². The van der Waals surface area contributed by atoms with Crippen LogP contribution in [0, 0.1) is 5.92 Å². The third-order valence-electron chi connectivity index (χ3n) is 5.48. The first kappa shape index (κ1) is 17.4. The Morgan fingerprint density at radius 3 is 2.67 bits per heavy atom. The predicted octanol–water partition coefficient (Wildman–Crippen LogP) is 2.68. The summed E-state index contributed by atoms with van der Waals surface area (Å²) in [6.45, 7) is 7.09. The molecule has 4 nitrogen and oxygen atoms in total. The zero-order chi connectivity index (χ0) is 16.8. The van der Waals surface area contributed by atoms with Crippen molar-refractivity contribution in [3.63, 3.8) is 0 Å². The predicted molar refractivity (Wildman–Crippen MR) is 97.6 cm³/mol. The van der Waals surface area contributed by atoms with Crippen LogP contribution in [0.15, 0.2) is 24.3 Å². The quantitative estimate of drug-likeness (QED) is 0.873. The molecule has 4 heteroatoms. The molecule has 2 aliphatic heterocycles. The van der Waals surface area contributed by atoms with Crippen LogP contribution in [0.4, 0.5) is 0 Å². The number of likely N-dealkylation sites (tertiary alicyclic amines) is 1. The average Bonchev–Trinajstić information content (AvgIpc) is 2.63. The lowest BCUT2D eigenvalue weighted by atomic mass is 9.99. The Balaban J connectivity index is 1.46. The normalized spacial score (nSPS) is 25.4. The molecule has 0 bridgehead atoms. The van der Waals surface area contributed by atoms with E-state index in [0.717, 1.165) is 32.5 Å². The summed E-state index contributed by atoms with van der Waals surface area (Å²) in [5.74, 6) is 0.326. The van der Waals surface area contributed by atoms with Gasteiger partial charge in [0, 0.05) is 25.7 Å². The Hall–Kier alpha value is -1.39. The molecule has 132 valence electrons. The Kier molecular flexibility index (Phi) is 6.27. The fourth-order valence-corrected chi connectivity index (χ4v) is 3.80. The van der Waals surface area contributed by atoms with Gasteiger partial charge in [0.05, 0.1) is 5.92 Å². The summed E-state index contributed by atoms with van der Waals surface area (Å²) in [5.41, 5.74) is 2.55. The zero-order valence-corrected chi connectivity index (χ0v) is 14.9. The van der Waals surface area contributed by atoms with Gasteiger partial charge in [0.15, 0.2) is 0 Å². The van der Waals surface area contributed by atoms with E-state index in [2.05, 4.69) is 46.7 Å². The highest BCUT2D eigenvalue weighted by atomic mass is 16.1. The van der Waals surface area contributed by atoms with Crippen molar-refractivity contribution >= 4 is 5.91 Å². The van der Waals surface area contributed by atoms with Gasteiger partial charge in [0.1, 0.15) is 0 Å². The summed E-state index contributed by atoms with van der Waals surface area (Å²) < 4.78 is 0. The van der Waals surface area contributed by atoms with Gasteiger partial charge in [0.2, 0.25) is 5.91 Å². The van der Waals surface area contributed by atoms with E-state index >= 15 is 0 Å². The molecule has 1 aromatic carbocycles. The van der Waals surface area contributed by atoms with Crippen molar-refractivity contribution in [2.75, 3.05) is 19.6 Å². The molecular formula is C20H31N3O. The van der Waals surface area contributed by atoms with E-state index in [-0.39, 0.29) is 11.8 Å². The second kappa shape index (κ2) is 8.63. The lowest BCUT2D eigenvalue weighted by molar-refractivity contribution is -0.125. The molecule has 0 spiro atoms. The van der Waals surface area contributed by atoms with Crippen LogP contribution in [-0.2, 0) is 17.9 Å². The van der Waals surface area contributed by atoms with E-state index < -0.39 is 0 Å². The van der Waals surface area contributed by atoms with Gasteiger partial charge in [-0.2, -0.15) is 0 Å². The van der Waals surface area contributed by atoms with Crippen molar-refractivity contribution in [2.45, 2.75) is 58.2 Å². The largest absolute Gasteiger partial charge is 0.352 e. The molecule has 2 saturated heterocycles. The van der Waals surface area contributed by atoms with Gasteiger partial charge in [-0.25, -0.2) is 0 Å². The molecular weight excluding hydrogens is 298 g/mol. The van der Waals surface area contributed by atoms with Crippen molar-refractivity contribution in [1.82, 2.24) is 15.5 Å².